The van der Waals surface area contributed by atoms with Gasteiger partial charge in [0.25, 0.3) is 0 Å². The lowest BCUT2D eigenvalue weighted by Crippen LogP contribution is -2.02. The zero-order chi connectivity index (χ0) is 15.4. The van der Waals surface area contributed by atoms with Crippen molar-refractivity contribution in [2.45, 2.75) is 6.54 Å². The Morgan fingerprint density at radius 2 is 2.10 bits per heavy atom. The van der Waals surface area contributed by atoms with E-state index in [0.717, 1.165) is 15.7 Å². The average Bonchev–Trinajstić information content (AvgIpc) is 2.46. The lowest BCUT2D eigenvalue weighted by atomic mass is 10.1. The monoisotopic (exact) mass is 364 g/mol. The normalized spacial score (nSPS) is 9.95. The van der Waals surface area contributed by atoms with E-state index in [1.807, 2.05) is 6.07 Å². The smallest absolute Gasteiger partial charge is 0.335 e. The summed E-state index contributed by atoms with van der Waals surface area (Å²) >= 11 is 9.31. The van der Waals surface area contributed by atoms with E-state index in [9.17, 15) is 4.79 Å². The maximum Gasteiger partial charge on any atom is 0.335 e. The van der Waals surface area contributed by atoms with Crippen molar-refractivity contribution in [1.82, 2.24) is 0 Å². The molecule has 0 aliphatic heterocycles. The molecule has 0 atom stereocenters. The molecule has 0 heterocycles. The summed E-state index contributed by atoms with van der Waals surface area (Å²) in [5.74, 6) is -0.964. The van der Waals surface area contributed by atoms with Gasteiger partial charge in [0, 0.05) is 16.7 Å². The first-order valence-corrected chi connectivity index (χ1v) is 7.13. The number of halogens is 2. The fourth-order valence-electron chi connectivity index (χ4n) is 1.74. The molecule has 0 fully saturated rings. The highest BCUT2D eigenvalue weighted by molar-refractivity contribution is 9.10. The second kappa shape index (κ2) is 6.61. The SMILES string of the molecule is N#Cc1ccc(NCc2ccc(C(=O)O)cc2Br)cc1Cl. The van der Waals surface area contributed by atoms with Gasteiger partial charge in [-0.1, -0.05) is 33.6 Å². The molecule has 6 heteroatoms. The zero-order valence-electron chi connectivity index (χ0n) is 10.7. The van der Waals surface area contributed by atoms with E-state index >= 15 is 0 Å². The average molecular weight is 366 g/mol. The third-order valence-corrected chi connectivity index (χ3v) is 3.92. The van der Waals surface area contributed by atoms with Gasteiger partial charge in [-0.2, -0.15) is 5.26 Å². The number of benzene rings is 2. The maximum absolute atomic E-state index is 10.9. The minimum absolute atomic E-state index is 0.229. The molecule has 2 rings (SSSR count). The van der Waals surface area contributed by atoms with Crippen LogP contribution in [0.4, 0.5) is 5.69 Å². The Labute approximate surface area is 135 Å². The van der Waals surface area contributed by atoms with Gasteiger partial charge in [-0.25, -0.2) is 4.79 Å². The van der Waals surface area contributed by atoms with Crippen molar-refractivity contribution in [3.8, 4) is 6.07 Å². The molecule has 0 aliphatic carbocycles. The molecule has 4 nitrogen and oxygen atoms in total. The van der Waals surface area contributed by atoms with Crippen LogP contribution in [0.3, 0.4) is 0 Å². The van der Waals surface area contributed by atoms with Crippen LogP contribution in [0, 0.1) is 11.3 Å². The van der Waals surface area contributed by atoms with Crippen LogP contribution in [0.2, 0.25) is 5.02 Å². The number of carboxylic acids is 1. The summed E-state index contributed by atoms with van der Waals surface area (Å²) in [5, 5.41) is 21.3. The first kappa shape index (κ1) is 15.4. The fraction of sp³-hybridized carbons (Fsp3) is 0.0667. The number of nitrogens with zero attached hydrogens (tertiary/aromatic N) is 1. The molecule has 21 heavy (non-hydrogen) atoms. The molecule has 0 saturated heterocycles. The Bertz CT molecular complexity index is 741. The lowest BCUT2D eigenvalue weighted by Gasteiger charge is -2.09. The second-order valence-corrected chi connectivity index (χ2v) is 5.53. The number of aromatic carboxylic acids is 1. The molecule has 0 unspecified atom stereocenters. The predicted octanol–water partition coefficient (Wildman–Crippen LogP) is 4.28. The first-order valence-electron chi connectivity index (χ1n) is 5.96. The van der Waals surface area contributed by atoms with Gasteiger partial charge in [-0.05, 0) is 35.9 Å². The molecule has 0 radical (unpaired) electrons. The molecule has 106 valence electrons. The van der Waals surface area contributed by atoms with Crippen molar-refractivity contribution in [1.29, 1.82) is 5.26 Å². The Kier molecular flexibility index (Phi) is 4.84. The van der Waals surface area contributed by atoms with E-state index < -0.39 is 5.97 Å². The summed E-state index contributed by atoms with van der Waals surface area (Å²) in [6.07, 6.45) is 0. The summed E-state index contributed by atoms with van der Waals surface area (Å²) < 4.78 is 0.717. The van der Waals surface area contributed by atoms with Gasteiger partial charge >= 0.3 is 5.97 Å². The highest BCUT2D eigenvalue weighted by Gasteiger charge is 2.07. The van der Waals surface area contributed by atoms with Crippen molar-refractivity contribution in [3.63, 3.8) is 0 Å². The maximum atomic E-state index is 10.9. The molecular formula is C15H10BrClN2O2. The first-order chi connectivity index (χ1) is 10.0. The highest BCUT2D eigenvalue weighted by Crippen LogP contribution is 2.23. The Morgan fingerprint density at radius 1 is 1.33 bits per heavy atom. The van der Waals surface area contributed by atoms with Crippen LogP contribution in [0.15, 0.2) is 40.9 Å². The molecule has 2 N–H and O–H groups in total. The standard InChI is InChI=1S/C15H10BrClN2O2/c16-13-5-9(15(20)21)1-2-11(13)8-19-12-4-3-10(7-18)14(17)6-12/h1-6,19H,8H2,(H,20,21). The van der Waals surface area contributed by atoms with Gasteiger partial charge in [0.2, 0.25) is 0 Å². The van der Waals surface area contributed by atoms with Gasteiger partial charge in [-0.3, -0.25) is 0 Å². The van der Waals surface area contributed by atoms with Crippen LogP contribution in [-0.4, -0.2) is 11.1 Å². The van der Waals surface area contributed by atoms with E-state index in [4.69, 9.17) is 22.0 Å². The number of nitriles is 1. The number of carbonyl (C=O) groups is 1. The minimum Gasteiger partial charge on any atom is -0.478 e. The van der Waals surface area contributed by atoms with E-state index in [0.29, 0.717) is 17.1 Å². The number of nitrogens with one attached hydrogen (secondary N) is 1. The van der Waals surface area contributed by atoms with Crippen LogP contribution in [0.25, 0.3) is 0 Å². The van der Waals surface area contributed by atoms with Gasteiger partial charge < -0.3 is 10.4 Å². The summed E-state index contributed by atoms with van der Waals surface area (Å²) in [6.45, 7) is 0.503. The molecule has 0 bridgehead atoms. The van der Waals surface area contributed by atoms with Crippen molar-refractivity contribution in [2.24, 2.45) is 0 Å². The Balaban J connectivity index is 2.11. The van der Waals surface area contributed by atoms with Crippen LogP contribution in [-0.2, 0) is 6.54 Å². The van der Waals surface area contributed by atoms with Crippen molar-refractivity contribution in [2.75, 3.05) is 5.32 Å². The lowest BCUT2D eigenvalue weighted by molar-refractivity contribution is 0.0697. The van der Waals surface area contributed by atoms with Gasteiger partial charge in [0.05, 0.1) is 16.1 Å². The number of hydrogen-bond donors (Lipinski definition) is 2. The topological polar surface area (TPSA) is 73.1 Å². The third kappa shape index (κ3) is 3.75. The third-order valence-electron chi connectivity index (χ3n) is 2.87. The number of carboxylic acid groups (broad SMARTS) is 1. The van der Waals surface area contributed by atoms with Crippen LogP contribution in [0.1, 0.15) is 21.5 Å². The molecule has 0 spiro atoms. The summed E-state index contributed by atoms with van der Waals surface area (Å²) in [4.78, 5) is 10.9. The van der Waals surface area contributed by atoms with E-state index in [1.165, 1.54) is 0 Å². The molecular weight excluding hydrogens is 356 g/mol. The Morgan fingerprint density at radius 3 is 2.67 bits per heavy atom. The molecule has 0 saturated carbocycles. The van der Waals surface area contributed by atoms with Crippen molar-refractivity contribution < 1.29 is 9.90 Å². The second-order valence-electron chi connectivity index (χ2n) is 4.27. The van der Waals surface area contributed by atoms with Crippen LogP contribution in [0.5, 0.6) is 0 Å². The van der Waals surface area contributed by atoms with Gasteiger partial charge in [-0.15, -0.1) is 0 Å². The molecule has 0 amide bonds. The Hall–Kier alpha value is -2.03. The van der Waals surface area contributed by atoms with Gasteiger partial charge in [0.15, 0.2) is 0 Å². The quantitative estimate of drug-likeness (QED) is 0.848. The summed E-state index contributed by atoms with van der Waals surface area (Å²) in [6, 6.07) is 11.9. The zero-order valence-corrected chi connectivity index (χ0v) is 13.1. The molecule has 0 aromatic heterocycles. The van der Waals surface area contributed by atoms with Crippen LogP contribution >= 0.6 is 27.5 Å². The van der Waals surface area contributed by atoms with E-state index in [-0.39, 0.29) is 5.56 Å². The molecule has 2 aromatic rings. The van der Waals surface area contributed by atoms with Gasteiger partial charge in [0.1, 0.15) is 6.07 Å². The number of rotatable bonds is 4. The van der Waals surface area contributed by atoms with E-state index in [2.05, 4.69) is 21.2 Å². The summed E-state index contributed by atoms with van der Waals surface area (Å²) in [5.41, 5.74) is 2.36. The highest BCUT2D eigenvalue weighted by atomic mass is 79.9. The summed E-state index contributed by atoms with van der Waals surface area (Å²) in [7, 11) is 0. The predicted molar refractivity (Wildman–Crippen MR) is 84.6 cm³/mol. The van der Waals surface area contributed by atoms with Crippen molar-refractivity contribution >= 4 is 39.2 Å². The molecule has 2 aromatic carbocycles. The van der Waals surface area contributed by atoms with E-state index in [1.54, 1.807) is 36.4 Å². The fourth-order valence-corrected chi connectivity index (χ4v) is 2.48. The van der Waals surface area contributed by atoms with Crippen LogP contribution < -0.4 is 5.32 Å². The largest absolute Gasteiger partial charge is 0.478 e. The van der Waals surface area contributed by atoms with Crippen molar-refractivity contribution in [3.05, 3.63) is 62.6 Å². The molecule has 0 aliphatic rings. The number of anilines is 1. The number of hydrogen-bond acceptors (Lipinski definition) is 3. The minimum atomic E-state index is -0.964.